The Balaban J connectivity index is 0.000000659. The minimum Gasteiger partial charge on any atom is -0.344 e. The Kier molecular flexibility index (Phi) is 12.2. The van der Waals surface area contributed by atoms with Gasteiger partial charge in [0.2, 0.25) is 0 Å². The number of hydrogen-bond acceptors (Lipinski definition) is 3. The van der Waals surface area contributed by atoms with Gasteiger partial charge in [-0.2, -0.15) is 30.8 Å². The predicted molar refractivity (Wildman–Crippen MR) is 127 cm³/mol. The number of aromatic nitrogens is 2. The second kappa shape index (κ2) is 12.9. The Morgan fingerprint density at radius 1 is 0.867 bits per heavy atom. The summed E-state index contributed by atoms with van der Waals surface area (Å²) in [5, 5.41) is 3.32. The van der Waals surface area contributed by atoms with Crippen molar-refractivity contribution in [3.05, 3.63) is 94.8 Å². The molecule has 0 fully saturated rings. The van der Waals surface area contributed by atoms with Gasteiger partial charge in [-0.25, -0.2) is 6.08 Å². The fourth-order valence-corrected chi connectivity index (χ4v) is 3.01. The van der Waals surface area contributed by atoms with Crippen molar-refractivity contribution < 1.29 is 17.1 Å². The Morgan fingerprint density at radius 3 is 1.83 bits per heavy atom. The van der Waals surface area contributed by atoms with Crippen molar-refractivity contribution in [3.63, 3.8) is 0 Å². The third-order valence-corrected chi connectivity index (χ3v) is 4.48. The number of pyridine rings is 2. The first-order valence-electron chi connectivity index (χ1n) is 8.55. The molecule has 3 nitrogen and oxygen atoms in total. The number of halogens is 3. The van der Waals surface area contributed by atoms with Crippen molar-refractivity contribution in [2.45, 2.75) is 19.8 Å². The Morgan fingerprint density at radius 2 is 1.37 bits per heavy atom. The van der Waals surface area contributed by atoms with Gasteiger partial charge in [-0.05, 0) is 17.4 Å². The summed E-state index contributed by atoms with van der Waals surface area (Å²) in [5.41, 5.74) is 3.74. The van der Waals surface area contributed by atoms with Crippen molar-refractivity contribution in [3.8, 4) is 0 Å². The first-order chi connectivity index (χ1) is 13.0. The van der Waals surface area contributed by atoms with E-state index < -0.39 is 0 Å². The molecule has 158 valence electrons. The van der Waals surface area contributed by atoms with E-state index >= 15 is 0 Å². The molecule has 0 atom stereocenters. The van der Waals surface area contributed by atoms with Gasteiger partial charge in [0, 0.05) is 11.1 Å². The smallest absolute Gasteiger partial charge is 0.344 e. The quantitative estimate of drug-likeness (QED) is 0.174. The molecular weight excluding hydrogens is 480 g/mol. The van der Waals surface area contributed by atoms with Gasteiger partial charge in [0.1, 0.15) is 0 Å². The summed E-state index contributed by atoms with van der Waals surface area (Å²) < 4.78 is 0. The zero-order valence-electron chi connectivity index (χ0n) is 16.6. The number of rotatable bonds is 2. The van der Waals surface area contributed by atoms with Crippen LogP contribution >= 0.6 is 35.6 Å². The summed E-state index contributed by atoms with van der Waals surface area (Å²) in [7, 11) is 0. The molecule has 2 aromatic carbocycles. The van der Waals surface area contributed by atoms with E-state index in [1.807, 2.05) is 12.1 Å². The average molecular weight is 503 g/mol. The van der Waals surface area contributed by atoms with E-state index in [1.54, 1.807) is 18.2 Å². The van der Waals surface area contributed by atoms with E-state index in [0.29, 0.717) is 16.0 Å². The van der Waals surface area contributed by atoms with Gasteiger partial charge >= 0.3 is 17.1 Å². The average Bonchev–Trinajstić information content (AvgIpc) is 2.67. The summed E-state index contributed by atoms with van der Waals surface area (Å²) >= 11 is 11.0. The first-order valence-corrected chi connectivity index (χ1v) is 9.30. The number of hydrogen-bond donors (Lipinski definition) is 1. The van der Waals surface area contributed by atoms with E-state index in [2.05, 4.69) is 61.8 Å². The number of benzene rings is 2. The van der Waals surface area contributed by atoms with Crippen molar-refractivity contribution in [2.75, 3.05) is 0 Å². The zero-order chi connectivity index (χ0) is 19.4. The van der Waals surface area contributed by atoms with Crippen LogP contribution in [0.3, 0.4) is 0 Å². The maximum Gasteiger partial charge on any atom is 2.00 e. The molecule has 0 aliphatic heterocycles. The molecule has 3 N–H and O–H groups in total. The van der Waals surface area contributed by atoms with Crippen LogP contribution in [0.1, 0.15) is 31.2 Å². The fraction of sp³-hybridized carbons (Fsp3) is 0.130. The molecule has 0 amide bonds. The minimum absolute atomic E-state index is 0. The zero-order valence-corrected chi connectivity index (χ0v) is 20.0. The van der Waals surface area contributed by atoms with Crippen molar-refractivity contribution in [1.82, 2.24) is 16.1 Å². The van der Waals surface area contributed by atoms with E-state index in [1.165, 1.54) is 0 Å². The van der Waals surface area contributed by atoms with Crippen LogP contribution in [0, 0.1) is 12.1 Å². The number of fused-ring (bicyclic) bond motifs is 3. The van der Waals surface area contributed by atoms with E-state index in [4.69, 9.17) is 28.2 Å². The molecule has 4 rings (SSSR count). The molecule has 0 spiro atoms. The summed E-state index contributed by atoms with van der Waals surface area (Å²) in [4.78, 5) is 9.35. The topological polar surface area (TPSA) is 60.8 Å². The molecule has 0 radical (unpaired) electrons. The molecule has 0 unspecified atom stereocenters. The third kappa shape index (κ3) is 6.95. The third-order valence-electron chi connectivity index (χ3n) is 4.04. The van der Waals surface area contributed by atoms with Gasteiger partial charge in [0.05, 0.1) is 11.0 Å². The van der Waals surface area contributed by atoms with Crippen LogP contribution in [0.15, 0.2) is 61.2 Å². The Bertz CT molecular complexity index is 1100. The van der Waals surface area contributed by atoms with Gasteiger partial charge in [0.15, 0.2) is 0 Å². The molecule has 0 saturated heterocycles. The summed E-state index contributed by atoms with van der Waals surface area (Å²) in [5.74, 6) is 0.411. The summed E-state index contributed by atoms with van der Waals surface area (Å²) in [6, 6.07) is 20.3. The molecule has 0 saturated carbocycles. The Hall–Kier alpha value is -1.65. The van der Waals surface area contributed by atoms with Crippen LogP contribution in [0.5, 0.6) is 0 Å². The second-order valence-electron chi connectivity index (χ2n) is 6.32. The van der Waals surface area contributed by atoms with Gasteiger partial charge in [-0.1, -0.05) is 42.1 Å². The van der Waals surface area contributed by atoms with Gasteiger partial charge in [-0.15, -0.1) is 53.4 Å². The monoisotopic (exact) mass is 501 g/mol. The molecule has 2 heterocycles. The standard InChI is InChI=1S/C17H15N2.C6H3Cl2.ClH.Fe.H3N/c1-4-14-9-7-12-5-6-13-8-10-15(11(2)3)19-17(13)16(12)18-14;7-5-2-1-3-6(8)4-5;;;/h5-11H,1H2,2-3H3;1-3H;1H;;1H3/q2*-1;;+2;. The molecular formula is C23H22Cl3FeN3. The van der Waals surface area contributed by atoms with Gasteiger partial charge in [0.25, 0.3) is 0 Å². The Labute approximate surface area is 204 Å². The van der Waals surface area contributed by atoms with Crippen molar-refractivity contribution >= 4 is 57.4 Å². The molecule has 30 heavy (non-hydrogen) atoms. The van der Waals surface area contributed by atoms with Crippen molar-refractivity contribution in [1.29, 1.82) is 0 Å². The molecule has 4 aromatic rings. The number of nitrogens with zero attached hydrogens (tertiary/aromatic N) is 2. The van der Waals surface area contributed by atoms with Gasteiger partial charge < -0.3 is 6.15 Å². The minimum atomic E-state index is 0. The van der Waals surface area contributed by atoms with E-state index in [-0.39, 0.29) is 35.6 Å². The van der Waals surface area contributed by atoms with E-state index in [9.17, 15) is 0 Å². The fourth-order valence-electron chi connectivity index (χ4n) is 2.62. The largest absolute Gasteiger partial charge is 2.00 e. The van der Waals surface area contributed by atoms with Crippen LogP contribution in [-0.2, 0) is 17.1 Å². The van der Waals surface area contributed by atoms with E-state index in [0.717, 1.165) is 33.2 Å². The van der Waals surface area contributed by atoms with Crippen LogP contribution in [0.2, 0.25) is 10.0 Å². The maximum absolute atomic E-state index is 5.50. The SMILES string of the molecule is C=[C-]c1ccc2ccc3ccc(C(C)C)nc3c2n1.Cl.Clc1[c-]c(Cl)ccc1.N.[Fe+2]. The van der Waals surface area contributed by atoms with Gasteiger partial charge in [-0.3, -0.25) is 9.97 Å². The van der Waals surface area contributed by atoms with Crippen LogP contribution in [-0.4, -0.2) is 9.97 Å². The molecule has 2 aromatic heterocycles. The summed E-state index contributed by atoms with van der Waals surface area (Å²) in [6.07, 6.45) is 2.83. The molecule has 0 aliphatic rings. The van der Waals surface area contributed by atoms with Crippen LogP contribution < -0.4 is 6.15 Å². The maximum atomic E-state index is 5.50. The van der Waals surface area contributed by atoms with Crippen LogP contribution in [0.25, 0.3) is 21.8 Å². The molecule has 0 bridgehead atoms. The molecule has 7 heteroatoms. The van der Waals surface area contributed by atoms with Crippen LogP contribution in [0.4, 0.5) is 0 Å². The van der Waals surface area contributed by atoms with Crippen molar-refractivity contribution in [2.24, 2.45) is 0 Å². The predicted octanol–water partition coefficient (Wildman–Crippen LogP) is 7.62. The normalized spacial score (nSPS) is 9.63. The molecule has 0 aliphatic carbocycles. The summed E-state index contributed by atoms with van der Waals surface area (Å²) in [6.45, 7) is 7.95. The first kappa shape index (κ1) is 28.3. The second-order valence-corrected chi connectivity index (χ2v) is 7.13.